The van der Waals surface area contributed by atoms with Gasteiger partial charge in [0.15, 0.2) is 5.78 Å². The zero-order valence-corrected chi connectivity index (χ0v) is 15.3. The van der Waals surface area contributed by atoms with Crippen LogP contribution in [-0.4, -0.2) is 22.6 Å². The lowest BCUT2D eigenvalue weighted by atomic mass is 10.1. The van der Waals surface area contributed by atoms with Crippen LogP contribution >= 0.6 is 0 Å². The average Bonchev–Trinajstić information content (AvgIpc) is 2.73. The molecule has 0 bridgehead atoms. The van der Waals surface area contributed by atoms with Gasteiger partial charge in [-0.25, -0.2) is 0 Å². The molecule has 0 aliphatic carbocycles. The van der Waals surface area contributed by atoms with Crippen LogP contribution in [0.1, 0.15) is 43.6 Å². The summed E-state index contributed by atoms with van der Waals surface area (Å²) in [5.74, 6) is -0.639. The normalized spacial score (nSPS) is 10.2. The number of amides is 2. The number of hydrogen-bond donors (Lipinski definition) is 2. The second-order valence-corrected chi connectivity index (χ2v) is 6.21. The molecule has 2 aromatic carbocycles. The van der Waals surface area contributed by atoms with Crippen molar-refractivity contribution in [2.24, 2.45) is 0 Å². The highest BCUT2D eigenvalue weighted by molar-refractivity contribution is 6.06. The fourth-order valence-electron chi connectivity index (χ4n) is 2.58. The second-order valence-electron chi connectivity index (χ2n) is 6.21. The predicted molar refractivity (Wildman–Crippen MR) is 106 cm³/mol. The lowest BCUT2D eigenvalue weighted by Gasteiger charge is -2.08. The lowest BCUT2D eigenvalue weighted by molar-refractivity contribution is 0.0950. The van der Waals surface area contributed by atoms with E-state index in [4.69, 9.17) is 0 Å². The van der Waals surface area contributed by atoms with Crippen LogP contribution < -0.4 is 10.6 Å². The number of nitrogens with one attached hydrogen (secondary N) is 2. The number of carbonyl (C=O) groups is 3. The van der Waals surface area contributed by atoms with Crippen LogP contribution in [-0.2, 0) is 6.54 Å². The monoisotopic (exact) mass is 373 g/mol. The van der Waals surface area contributed by atoms with Gasteiger partial charge >= 0.3 is 0 Å². The molecule has 0 saturated carbocycles. The molecule has 1 heterocycles. The summed E-state index contributed by atoms with van der Waals surface area (Å²) in [6.45, 7) is 1.86. The number of hydrogen-bond acceptors (Lipinski definition) is 4. The van der Waals surface area contributed by atoms with Gasteiger partial charge in [-0.15, -0.1) is 0 Å². The lowest BCUT2D eigenvalue weighted by Crippen LogP contribution is -2.23. The first-order valence-corrected chi connectivity index (χ1v) is 8.72. The van der Waals surface area contributed by atoms with E-state index in [9.17, 15) is 14.4 Å². The van der Waals surface area contributed by atoms with Crippen LogP contribution in [0.4, 0.5) is 5.69 Å². The van der Waals surface area contributed by atoms with Gasteiger partial charge in [-0.05, 0) is 67.1 Å². The summed E-state index contributed by atoms with van der Waals surface area (Å²) in [5.41, 5.74) is 2.85. The standard InChI is InChI=1S/C22H19N3O3/c1-15(26)17-5-7-20(8-6-17)25-22(28)19-4-2-3-18(13-19)21(27)24-14-16-9-11-23-12-10-16/h2-13H,14H2,1H3,(H,24,27)(H,25,28). The van der Waals surface area contributed by atoms with Crippen molar-refractivity contribution in [1.82, 2.24) is 10.3 Å². The summed E-state index contributed by atoms with van der Waals surface area (Å²) in [7, 11) is 0. The Balaban J connectivity index is 1.65. The van der Waals surface area contributed by atoms with Gasteiger partial charge in [-0.1, -0.05) is 6.07 Å². The van der Waals surface area contributed by atoms with Crippen molar-refractivity contribution >= 4 is 23.3 Å². The van der Waals surface area contributed by atoms with Gasteiger partial charge in [0.2, 0.25) is 0 Å². The predicted octanol–water partition coefficient (Wildman–Crippen LogP) is 3.47. The van der Waals surface area contributed by atoms with E-state index in [1.54, 1.807) is 60.9 Å². The fraction of sp³-hybridized carbons (Fsp3) is 0.0909. The molecule has 0 saturated heterocycles. The van der Waals surface area contributed by atoms with Crippen molar-refractivity contribution in [3.8, 4) is 0 Å². The van der Waals surface area contributed by atoms with E-state index in [1.165, 1.54) is 6.92 Å². The number of benzene rings is 2. The van der Waals surface area contributed by atoms with Gasteiger partial charge < -0.3 is 10.6 Å². The number of aromatic nitrogens is 1. The summed E-state index contributed by atoms with van der Waals surface area (Å²) in [4.78, 5) is 40.1. The minimum absolute atomic E-state index is 0.0386. The van der Waals surface area contributed by atoms with Crippen molar-refractivity contribution in [1.29, 1.82) is 0 Å². The number of ketones is 1. The zero-order valence-electron chi connectivity index (χ0n) is 15.3. The Morgan fingerprint density at radius 1 is 0.821 bits per heavy atom. The number of Topliss-reactive ketones (excluding diaryl/α,β-unsaturated/α-hetero) is 1. The van der Waals surface area contributed by atoms with Crippen LogP contribution in [0.25, 0.3) is 0 Å². The van der Waals surface area contributed by atoms with E-state index in [0.717, 1.165) is 5.56 Å². The Hall–Kier alpha value is -3.80. The highest BCUT2D eigenvalue weighted by atomic mass is 16.2. The number of pyridine rings is 1. The molecule has 2 N–H and O–H groups in total. The van der Waals surface area contributed by atoms with Crippen LogP contribution in [0.2, 0.25) is 0 Å². The van der Waals surface area contributed by atoms with E-state index >= 15 is 0 Å². The van der Waals surface area contributed by atoms with Crippen LogP contribution in [0.3, 0.4) is 0 Å². The average molecular weight is 373 g/mol. The molecule has 0 unspecified atom stereocenters. The van der Waals surface area contributed by atoms with Crippen LogP contribution in [0, 0.1) is 0 Å². The van der Waals surface area contributed by atoms with Gasteiger partial charge in [0.05, 0.1) is 0 Å². The molecule has 0 atom stereocenters. The maximum Gasteiger partial charge on any atom is 0.255 e. The molecule has 2 amide bonds. The van der Waals surface area contributed by atoms with E-state index in [2.05, 4.69) is 15.6 Å². The molecule has 0 fully saturated rings. The van der Waals surface area contributed by atoms with Gasteiger partial charge in [0.25, 0.3) is 11.8 Å². The summed E-state index contributed by atoms with van der Waals surface area (Å²) < 4.78 is 0. The summed E-state index contributed by atoms with van der Waals surface area (Å²) in [5, 5.41) is 5.58. The molecule has 6 heteroatoms. The van der Waals surface area contributed by atoms with Gasteiger partial charge in [-0.3, -0.25) is 19.4 Å². The highest BCUT2D eigenvalue weighted by Gasteiger charge is 2.11. The maximum atomic E-state index is 12.5. The van der Waals surface area contributed by atoms with Crippen LogP contribution in [0.5, 0.6) is 0 Å². The van der Waals surface area contributed by atoms with E-state index in [0.29, 0.717) is 28.9 Å². The Morgan fingerprint density at radius 2 is 1.46 bits per heavy atom. The smallest absolute Gasteiger partial charge is 0.255 e. The summed E-state index contributed by atoms with van der Waals surface area (Å²) >= 11 is 0. The quantitative estimate of drug-likeness (QED) is 0.648. The third-order valence-electron chi connectivity index (χ3n) is 4.14. The molecule has 140 valence electrons. The SMILES string of the molecule is CC(=O)c1ccc(NC(=O)c2cccc(C(=O)NCc3ccncc3)c2)cc1. The zero-order chi connectivity index (χ0) is 19.9. The van der Waals surface area contributed by atoms with Gasteiger partial charge in [0.1, 0.15) is 0 Å². The molecule has 28 heavy (non-hydrogen) atoms. The molecule has 0 aliphatic rings. The van der Waals surface area contributed by atoms with Crippen LogP contribution in [0.15, 0.2) is 73.1 Å². The molecular formula is C22H19N3O3. The molecular weight excluding hydrogens is 354 g/mol. The fourth-order valence-corrected chi connectivity index (χ4v) is 2.58. The summed E-state index contributed by atoms with van der Waals surface area (Å²) in [6.07, 6.45) is 3.32. The van der Waals surface area contributed by atoms with E-state index in [-0.39, 0.29) is 17.6 Å². The largest absolute Gasteiger partial charge is 0.348 e. The molecule has 6 nitrogen and oxygen atoms in total. The molecule has 0 radical (unpaired) electrons. The van der Waals surface area contributed by atoms with Gasteiger partial charge in [-0.2, -0.15) is 0 Å². The first-order chi connectivity index (χ1) is 13.5. The van der Waals surface area contributed by atoms with Crippen molar-refractivity contribution in [3.05, 3.63) is 95.3 Å². The molecule has 3 rings (SSSR count). The third kappa shape index (κ3) is 4.88. The first kappa shape index (κ1) is 19.0. The molecule has 0 aliphatic heterocycles. The van der Waals surface area contributed by atoms with Crippen molar-refractivity contribution in [2.45, 2.75) is 13.5 Å². The third-order valence-corrected chi connectivity index (χ3v) is 4.14. The minimum Gasteiger partial charge on any atom is -0.348 e. The number of rotatable bonds is 6. The van der Waals surface area contributed by atoms with Gasteiger partial charge in [0, 0.05) is 41.3 Å². The van der Waals surface area contributed by atoms with E-state index < -0.39 is 0 Å². The summed E-state index contributed by atoms with van der Waals surface area (Å²) in [6, 6.07) is 16.8. The maximum absolute atomic E-state index is 12.5. The highest BCUT2D eigenvalue weighted by Crippen LogP contribution is 2.13. The van der Waals surface area contributed by atoms with Crippen molar-refractivity contribution in [3.63, 3.8) is 0 Å². The Kier molecular flexibility index (Phi) is 5.91. The number of carbonyl (C=O) groups excluding carboxylic acids is 3. The molecule has 0 spiro atoms. The van der Waals surface area contributed by atoms with Crippen molar-refractivity contribution < 1.29 is 14.4 Å². The minimum atomic E-state index is -0.334. The Labute approximate surface area is 162 Å². The second kappa shape index (κ2) is 8.73. The Morgan fingerprint density at radius 3 is 2.11 bits per heavy atom. The van der Waals surface area contributed by atoms with Crippen molar-refractivity contribution in [2.75, 3.05) is 5.32 Å². The number of anilines is 1. The Bertz CT molecular complexity index is 999. The first-order valence-electron chi connectivity index (χ1n) is 8.72. The topological polar surface area (TPSA) is 88.2 Å². The molecule has 1 aromatic heterocycles. The van der Waals surface area contributed by atoms with E-state index in [1.807, 2.05) is 12.1 Å². The number of nitrogens with zero attached hydrogens (tertiary/aromatic N) is 1. The molecule has 3 aromatic rings.